The van der Waals surface area contributed by atoms with Gasteiger partial charge in [-0.15, -0.1) is 10.2 Å². The number of thioether (sulfide) groups is 1. The molecule has 30 heavy (non-hydrogen) atoms. The summed E-state index contributed by atoms with van der Waals surface area (Å²) in [5.41, 5.74) is 1.85. The van der Waals surface area contributed by atoms with Crippen molar-refractivity contribution in [3.05, 3.63) is 75.8 Å². The van der Waals surface area contributed by atoms with Crippen LogP contribution >= 0.6 is 23.4 Å². The fourth-order valence-electron chi connectivity index (χ4n) is 2.63. The minimum Gasteiger partial charge on any atom is -0.325 e. The van der Waals surface area contributed by atoms with Gasteiger partial charge in [0.05, 0.1) is 10.7 Å². The molecule has 4 aromatic rings. The van der Waals surface area contributed by atoms with Gasteiger partial charge in [-0.05, 0) is 48.5 Å². The van der Waals surface area contributed by atoms with Gasteiger partial charge in [0, 0.05) is 28.4 Å². The molecule has 0 radical (unpaired) electrons. The van der Waals surface area contributed by atoms with E-state index in [-0.39, 0.29) is 17.3 Å². The van der Waals surface area contributed by atoms with Gasteiger partial charge >= 0.3 is 0 Å². The van der Waals surface area contributed by atoms with E-state index in [0.29, 0.717) is 27.2 Å². The number of fused-ring (bicyclic) bond motifs is 1. The summed E-state index contributed by atoms with van der Waals surface area (Å²) in [5.74, 6) is 0.436. The van der Waals surface area contributed by atoms with Gasteiger partial charge in [0.15, 0.2) is 11.5 Å². The van der Waals surface area contributed by atoms with Crippen LogP contribution < -0.4 is 5.32 Å². The number of non-ortho nitro benzene ring substituents is 1. The zero-order chi connectivity index (χ0) is 21.1. The number of nitrogens with one attached hydrogen (secondary N) is 1. The second-order valence-electron chi connectivity index (χ2n) is 6.11. The summed E-state index contributed by atoms with van der Waals surface area (Å²) in [5, 5.41) is 27.4. The minimum atomic E-state index is -0.494. The van der Waals surface area contributed by atoms with Crippen molar-refractivity contribution in [1.82, 2.24) is 19.8 Å². The van der Waals surface area contributed by atoms with E-state index in [1.165, 1.54) is 36.0 Å². The van der Waals surface area contributed by atoms with Crippen LogP contribution in [-0.4, -0.2) is 36.4 Å². The molecule has 150 valence electrons. The summed E-state index contributed by atoms with van der Waals surface area (Å²) in [4.78, 5) is 22.4. The van der Waals surface area contributed by atoms with Gasteiger partial charge in [0.2, 0.25) is 5.91 Å². The molecule has 9 nitrogen and oxygen atoms in total. The molecule has 1 amide bonds. The predicted molar refractivity (Wildman–Crippen MR) is 114 cm³/mol. The summed E-state index contributed by atoms with van der Waals surface area (Å²) >= 11 is 7.19. The first-order chi connectivity index (χ1) is 14.5. The number of carbonyl (C=O) groups excluding carboxylic acids is 1. The van der Waals surface area contributed by atoms with Crippen LogP contribution in [0.4, 0.5) is 11.4 Å². The molecular formula is C19H13ClN6O3S. The van der Waals surface area contributed by atoms with Gasteiger partial charge < -0.3 is 5.32 Å². The molecule has 0 spiro atoms. The molecule has 0 saturated carbocycles. The largest absolute Gasteiger partial charge is 0.325 e. The molecule has 0 unspecified atom stereocenters. The maximum Gasteiger partial charge on any atom is 0.269 e. The topological polar surface area (TPSA) is 115 Å². The van der Waals surface area contributed by atoms with Crippen molar-refractivity contribution in [2.24, 2.45) is 0 Å². The second-order valence-corrected chi connectivity index (χ2v) is 7.54. The monoisotopic (exact) mass is 440 g/mol. The van der Waals surface area contributed by atoms with Gasteiger partial charge in [0.25, 0.3) is 5.69 Å². The Morgan fingerprint density at radius 2 is 1.80 bits per heavy atom. The number of nitro benzene ring substituents is 1. The first kappa shape index (κ1) is 19.8. The van der Waals surface area contributed by atoms with Crippen molar-refractivity contribution in [2.75, 3.05) is 11.1 Å². The Hall–Kier alpha value is -3.50. The van der Waals surface area contributed by atoms with E-state index in [1.54, 1.807) is 28.8 Å². The van der Waals surface area contributed by atoms with Crippen LogP contribution in [0.2, 0.25) is 5.02 Å². The molecule has 2 heterocycles. The standard InChI is InChI=1S/C19H13ClN6O3S/c20-13-3-1-12(2-4-13)19-23-22-16-9-10-18(24-25(16)19)30-11-17(27)21-14-5-7-15(8-6-14)26(28)29/h1-10H,11H2,(H,21,27). The molecule has 0 bridgehead atoms. The number of nitro groups is 1. The van der Waals surface area contributed by atoms with Crippen LogP contribution in [0.15, 0.2) is 65.7 Å². The molecule has 11 heteroatoms. The van der Waals surface area contributed by atoms with Crippen LogP contribution in [0.3, 0.4) is 0 Å². The van der Waals surface area contributed by atoms with E-state index in [2.05, 4.69) is 20.6 Å². The molecule has 0 atom stereocenters. The van der Waals surface area contributed by atoms with E-state index >= 15 is 0 Å². The van der Waals surface area contributed by atoms with Gasteiger partial charge in [-0.1, -0.05) is 23.4 Å². The van der Waals surface area contributed by atoms with E-state index < -0.39 is 4.92 Å². The molecule has 0 aliphatic carbocycles. The summed E-state index contributed by atoms with van der Waals surface area (Å²) in [6.45, 7) is 0. The second kappa shape index (κ2) is 8.47. The Balaban J connectivity index is 1.44. The number of benzene rings is 2. The summed E-state index contributed by atoms with van der Waals surface area (Å²) < 4.78 is 1.61. The molecular weight excluding hydrogens is 428 g/mol. The number of rotatable bonds is 6. The normalized spacial score (nSPS) is 10.8. The quantitative estimate of drug-likeness (QED) is 0.273. The average Bonchev–Trinajstić information content (AvgIpc) is 3.16. The van der Waals surface area contributed by atoms with Crippen LogP contribution in [0, 0.1) is 10.1 Å². The number of anilines is 1. The van der Waals surface area contributed by atoms with Gasteiger partial charge in [0.1, 0.15) is 5.03 Å². The highest BCUT2D eigenvalue weighted by molar-refractivity contribution is 7.99. The van der Waals surface area contributed by atoms with Crippen molar-refractivity contribution in [1.29, 1.82) is 0 Å². The number of carbonyl (C=O) groups is 1. The van der Waals surface area contributed by atoms with Crippen LogP contribution in [0.1, 0.15) is 0 Å². The third kappa shape index (κ3) is 4.39. The minimum absolute atomic E-state index is 0.0368. The number of hydrogen-bond donors (Lipinski definition) is 1. The first-order valence-corrected chi connectivity index (χ1v) is 10.0. The smallest absolute Gasteiger partial charge is 0.269 e. The number of nitrogens with zero attached hydrogens (tertiary/aromatic N) is 5. The van der Waals surface area contributed by atoms with Crippen LogP contribution in [0.5, 0.6) is 0 Å². The van der Waals surface area contributed by atoms with Crippen molar-refractivity contribution in [3.63, 3.8) is 0 Å². The Morgan fingerprint density at radius 1 is 1.07 bits per heavy atom. The number of halogens is 1. The fraction of sp³-hybridized carbons (Fsp3) is 0.0526. The molecule has 2 aromatic heterocycles. The Kier molecular flexibility index (Phi) is 5.59. The lowest BCUT2D eigenvalue weighted by Crippen LogP contribution is -2.14. The zero-order valence-electron chi connectivity index (χ0n) is 15.2. The summed E-state index contributed by atoms with van der Waals surface area (Å²) in [7, 11) is 0. The van der Waals surface area contributed by atoms with E-state index in [9.17, 15) is 14.9 Å². The lowest BCUT2D eigenvalue weighted by Gasteiger charge is -2.05. The Bertz CT molecular complexity index is 1230. The van der Waals surface area contributed by atoms with E-state index in [0.717, 1.165) is 5.56 Å². The van der Waals surface area contributed by atoms with E-state index in [4.69, 9.17) is 11.6 Å². The first-order valence-electron chi connectivity index (χ1n) is 8.65. The van der Waals surface area contributed by atoms with Gasteiger partial charge in [-0.25, -0.2) is 0 Å². The third-order valence-corrected chi connectivity index (χ3v) is 5.23. The lowest BCUT2D eigenvalue weighted by atomic mass is 10.2. The number of hydrogen-bond acceptors (Lipinski definition) is 7. The lowest BCUT2D eigenvalue weighted by molar-refractivity contribution is -0.384. The predicted octanol–water partition coefficient (Wildman–Crippen LogP) is 4.08. The third-order valence-electron chi connectivity index (χ3n) is 4.05. The maximum absolute atomic E-state index is 12.2. The molecule has 4 rings (SSSR count). The van der Waals surface area contributed by atoms with Crippen LogP contribution in [-0.2, 0) is 4.79 Å². The molecule has 2 aromatic carbocycles. The molecule has 0 aliphatic heterocycles. The SMILES string of the molecule is O=C(CSc1ccc2nnc(-c3ccc(Cl)cc3)n2n1)Nc1ccc([N+](=O)[O-])cc1. The van der Waals surface area contributed by atoms with Crippen molar-refractivity contribution in [2.45, 2.75) is 5.03 Å². The fourth-order valence-corrected chi connectivity index (χ4v) is 3.41. The molecule has 0 saturated heterocycles. The van der Waals surface area contributed by atoms with Gasteiger partial charge in [-0.2, -0.15) is 9.61 Å². The zero-order valence-corrected chi connectivity index (χ0v) is 16.8. The van der Waals surface area contributed by atoms with Crippen molar-refractivity contribution < 1.29 is 9.72 Å². The summed E-state index contributed by atoms with van der Waals surface area (Å²) in [6, 6.07) is 16.4. The molecule has 1 N–H and O–H groups in total. The molecule has 0 aliphatic rings. The highest BCUT2D eigenvalue weighted by atomic mass is 35.5. The maximum atomic E-state index is 12.2. The van der Waals surface area contributed by atoms with E-state index in [1.807, 2.05) is 12.1 Å². The highest BCUT2D eigenvalue weighted by Crippen LogP contribution is 2.22. The summed E-state index contributed by atoms with van der Waals surface area (Å²) in [6.07, 6.45) is 0. The number of amides is 1. The van der Waals surface area contributed by atoms with Crippen molar-refractivity contribution in [3.8, 4) is 11.4 Å². The van der Waals surface area contributed by atoms with Gasteiger partial charge in [-0.3, -0.25) is 14.9 Å². The van der Waals surface area contributed by atoms with Crippen molar-refractivity contribution >= 4 is 46.3 Å². The average molecular weight is 441 g/mol. The van der Waals surface area contributed by atoms with Crippen LogP contribution in [0.25, 0.3) is 17.0 Å². The Labute approximate surface area is 179 Å². The Morgan fingerprint density at radius 3 is 2.50 bits per heavy atom. The number of aromatic nitrogens is 4. The highest BCUT2D eigenvalue weighted by Gasteiger charge is 2.12. The molecule has 0 fully saturated rings.